The van der Waals surface area contributed by atoms with Crippen LogP contribution in [0.3, 0.4) is 0 Å². The highest BCUT2D eigenvalue weighted by Crippen LogP contribution is 2.17. The lowest BCUT2D eigenvalue weighted by atomic mass is 10.3. The van der Waals surface area contributed by atoms with E-state index < -0.39 is 0 Å². The monoisotopic (exact) mass is 283 g/mol. The van der Waals surface area contributed by atoms with Crippen LogP contribution in [0, 0.1) is 0 Å². The average molecular weight is 284 g/mol. The minimum absolute atomic E-state index is 0.207. The highest BCUT2D eigenvalue weighted by molar-refractivity contribution is 9.09. The lowest BCUT2D eigenvalue weighted by Gasteiger charge is -2.15. The Kier molecular flexibility index (Phi) is 3.83. The molecule has 1 saturated heterocycles. The number of likely N-dealkylation sites (tertiary alicyclic amines) is 1. The number of ether oxygens (including phenoxy) is 1. The normalized spacial score (nSPS) is 20.2. The molecule has 3 nitrogen and oxygen atoms in total. The maximum atomic E-state index is 11.5. The predicted octanol–water partition coefficient (Wildman–Crippen LogP) is 2.06. The number of para-hydroxylation sites is 1. The summed E-state index contributed by atoms with van der Waals surface area (Å²) < 4.78 is 5.54. The average Bonchev–Trinajstić information content (AvgIpc) is 2.59. The zero-order chi connectivity index (χ0) is 11.4. The molecule has 0 aliphatic carbocycles. The zero-order valence-electron chi connectivity index (χ0n) is 8.93. The second-order valence-electron chi connectivity index (χ2n) is 3.80. The van der Waals surface area contributed by atoms with Gasteiger partial charge in [0.15, 0.2) is 0 Å². The topological polar surface area (TPSA) is 29.5 Å². The number of hydrogen-bond acceptors (Lipinski definition) is 2. The number of benzene rings is 1. The standard InChI is InChI=1S/C12H14BrNO2/c13-10-8-12(15)14(9-10)6-7-16-11-4-2-1-3-5-11/h1-5,10H,6-9H2. The number of alkyl halides is 1. The number of carbonyl (C=O) groups excluding carboxylic acids is 1. The number of halogens is 1. The molecule has 1 amide bonds. The van der Waals surface area contributed by atoms with Crippen molar-refractivity contribution in [3.63, 3.8) is 0 Å². The van der Waals surface area contributed by atoms with E-state index in [0.29, 0.717) is 24.4 Å². The molecule has 0 spiro atoms. The number of nitrogens with zero attached hydrogens (tertiary/aromatic N) is 1. The van der Waals surface area contributed by atoms with Crippen LogP contribution in [0.4, 0.5) is 0 Å². The molecular formula is C12H14BrNO2. The molecule has 0 N–H and O–H groups in total. The summed E-state index contributed by atoms with van der Waals surface area (Å²) >= 11 is 3.45. The molecule has 0 saturated carbocycles. The van der Waals surface area contributed by atoms with Crippen molar-refractivity contribution < 1.29 is 9.53 Å². The van der Waals surface area contributed by atoms with E-state index in [1.807, 2.05) is 35.2 Å². The van der Waals surface area contributed by atoms with Gasteiger partial charge in [0, 0.05) is 17.8 Å². The quantitative estimate of drug-likeness (QED) is 0.792. The summed E-state index contributed by atoms with van der Waals surface area (Å²) in [5, 5.41) is 0. The second-order valence-corrected chi connectivity index (χ2v) is 5.10. The molecule has 1 aliphatic rings. The van der Waals surface area contributed by atoms with Gasteiger partial charge in [0.25, 0.3) is 0 Å². The van der Waals surface area contributed by atoms with E-state index >= 15 is 0 Å². The molecule has 1 atom stereocenters. The number of amides is 1. The Morgan fingerprint density at radius 2 is 2.12 bits per heavy atom. The van der Waals surface area contributed by atoms with Gasteiger partial charge >= 0.3 is 0 Å². The molecule has 0 radical (unpaired) electrons. The fourth-order valence-corrected chi connectivity index (χ4v) is 2.36. The second kappa shape index (κ2) is 5.34. The van der Waals surface area contributed by atoms with E-state index in [2.05, 4.69) is 15.9 Å². The molecule has 1 unspecified atom stereocenters. The first-order valence-corrected chi connectivity index (χ1v) is 6.27. The van der Waals surface area contributed by atoms with Crippen molar-refractivity contribution in [2.24, 2.45) is 0 Å². The van der Waals surface area contributed by atoms with Crippen LogP contribution in [0.5, 0.6) is 5.75 Å². The van der Waals surface area contributed by atoms with E-state index in [1.165, 1.54) is 0 Å². The molecule has 2 rings (SSSR count). The summed E-state index contributed by atoms with van der Waals surface area (Å²) in [6, 6.07) is 9.65. The van der Waals surface area contributed by atoms with Crippen LogP contribution < -0.4 is 4.74 Å². The van der Waals surface area contributed by atoms with E-state index in [1.54, 1.807) is 0 Å². The van der Waals surface area contributed by atoms with Crippen LogP contribution in [0.25, 0.3) is 0 Å². The van der Waals surface area contributed by atoms with Gasteiger partial charge in [-0.15, -0.1) is 0 Å². The van der Waals surface area contributed by atoms with Gasteiger partial charge in [-0.25, -0.2) is 0 Å². The van der Waals surface area contributed by atoms with Gasteiger partial charge in [-0.2, -0.15) is 0 Å². The van der Waals surface area contributed by atoms with Crippen molar-refractivity contribution in [1.82, 2.24) is 4.90 Å². The van der Waals surface area contributed by atoms with E-state index in [-0.39, 0.29) is 5.91 Å². The molecule has 1 aromatic rings. The summed E-state index contributed by atoms with van der Waals surface area (Å²) in [7, 11) is 0. The molecule has 16 heavy (non-hydrogen) atoms. The van der Waals surface area contributed by atoms with E-state index in [4.69, 9.17) is 4.74 Å². The molecule has 1 fully saturated rings. The van der Waals surface area contributed by atoms with E-state index in [0.717, 1.165) is 12.3 Å². The molecule has 1 heterocycles. The molecule has 4 heteroatoms. The Bertz CT molecular complexity index is 355. The van der Waals surface area contributed by atoms with E-state index in [9.17, 15) is 4.79 Å². The number of hydrogen-bond donors (Lipinski definition) is 0. The van der Waals surface area contributed by atoms with Crippen LogP contribution in [0.2, 0.25) is 0 Å². The summed E-state index contributed by atoms with van der Waals surface area (Å²) in [5.41, 5.74) is 0. The summed E-state index contributed by atoms with van der Waals surface area (Å²) in [5.74, 6) is 1.06. The van der Waals surface area contributed by atoms with Gasteiger partial charge in [-0.3, -0.25) is 4.79 Å². The molecule has 0 bridgehead atoms. The van der Waals surface area contributed by atoms with Crippen LogP contribution in [0.15, 0.2) is 30.3 Å². The SMILES string of the molecule is O=C1CC(Br)CN1CCOc1ccccc1. The van der Waals surface area contributed by atoms with Crippen molar-refractivity contribution in [2.75, 3.05) is 19.7 Å². The number of rotatable bonds is 4. The zero-order valence-corrected chi connectivity index (χ0v) is 10.5. The van der Waals surface area contributed by atoms with Crippen molar-refractivity contribution in [2.45, 2.75) is 11.2 Å². The third kappa shape index (κ3) is 2.98. The minimum atomic E-state index is 0.207. The smallest absolute Gasteiger partial charge is 0.223 e. The first-order valence-electron chi connectivity index (χ1n) is 5.35. The molecule has 0 aromatic heterocycles. The first-order chi connectivity index (χ1) is 7.75. The van der Waals surface area contributed by atoms with Gasteiger partial charge in [0.2, 0.25) is 5.91 Å². The molecule has 1 aliphatic heterocycles. The van der Waals surface area contributed by atoms with Gasteiger partial charge in [0.1, 0.15) is 12.4 Å². The Morgan fingerprint density at radius 1 is 1.38 bits per heavy atom. The predicted molar refractivity (Wildman–Crippen MR) is 65.8 cm³/mol. The van der Waals surface area contributed by atoms with Gasteiger partial charge in [0.05, 0.1) is 6.54 Å². The summed E-state index contributed by atoms with van der Waals surface area (Å²) in [6.45, 7) is 2.00. The van der Waals surface area contributed by atoms with Gasteiger partial charge < -0.3 is 9.64 Å². The minimum Gasteiger partial charge on any atom is -0.492 e. The molecule has 1 aromatic carbocycles. The maximum Gasteiger partial charge on any atom is 0.223 e. The molecule has 86 valence electrons. The highest BCUT2D eigenvalue weighted by atomic mass is 79.9. The van der Waals surface area contributed by atoms with Crippen molar-refractivity contribution in [1.29, 1.82) is 0 Å². The summed E-state index contributed by atoms with van der Waals surface area (Å²) in [4.78, 5) is 13.6. The summed E-state index contributed by atoms with van der Waals surface area (Å²) in [6.07, 6.45) is 0.603. The third-order valence-corrected chi connectivity index (χ3v) is 3.15. The fourth-order valence-electron chi connectivity index (χ4n) is 1.73. The largest absolute Gasteiger partial charge is 0.492 e. The third-order valence-electron chi connectivity index (χ3n) is 2.54. The Labute approximate surface area is 104 Å². The first kappa shape index (κ1) is 11.5. The van der Waals surface area contributed by atoms with Crippen LogP contribution in [-0.4, -0.2) is 35.3 Å². The van der Waals surface area contributed by atoms with Crippen molar-refractivity contribution >= 4 is 21.8 Å². The molecular weight excluding hydrogens is 270 g/mol. The van der Waals surface area contributed by atoms with Crippen molar-refractivity contribution in [3.8, 4) is 5.75 Å². The Morgan fingerprint density at radius 3 is 2.75 bits per heavy atom. The lowest BCUT2D eigenvalue weighted by Crippen LogP contribution is -2.29. The fraction of sp³-hybridized carbons (Fsp3) is 0.417. The van der Waals surface area contributed by atoms with Crippen LogP contribution in [-0.2, 0) is 4.79 Å². The van der Waals surface area contributed by atoms with Gasteiger partial charge in [-0.1, -0.05) is 34.1 Å². The Hall–Kier alpha value is -1.03. The number of carbonyl (C=O) groups is 1. The van der Waals surface area contributed by atoms with Gasteiger partial charge in [-0.05, 0) is 12.1 Å². The maximum absolute atomic E-state index is 11.5. The van der Waals surface area contributed by atoms with Crippen molar-refractivity contribution in [3.05, 3.63) is 30.3 Å². The van der Waals surface area contributed by atoms with Crippen LogP contribution in [0.1, 0.15) is 6.42 Å². The Balaban J connectivity index is 1.74. The highest BCUT2D eigenvalue weighted by Gasteiger charge is 2.26. The lowest BCUT2D eigenvalue weighted by molar-refractivity contribution is -0.127. The van der Waals surface area contributed by atoms with Crippen LogP contribution >= 0.6 is 15.9 Å².